The number of rotatable bonds is 6. The molecule has 1 aliphatic heterocycles. The van der Waals surface area contributed by atoms with Gasteiger partial charge >= 0.3 is 5.63 Å². The van der Waals surface area contributed by atoms with Crippen LogP contribution in [0.4, 0.5) is 0 Å². The van der Waals surface area contributed by atoms with E-state index in [1.54, 1.807) is 14.0 Å². The lowest BCUT2D eigenvalue weighted by Crippen LogP contribution is -2.33. The number of aliphatic hydroxyl groups is 1. The summed E-state index contributed by atoms with van der Waals surface area (Å²) in [5.41, 5.74) is 1.49. The molecule has 0 radical (unpaired) electrons. The van der Waals surface area contributed by atoms with Crippen LogP contribution in [0.1, 0.15) is 43.4 Å². The van der Waals surface area contributed by atoms with Crippen LogP contribution in [-0.2, 0) is 17.6 Å². The molecule has 1 aliphatic rings. The maximum absolute atomic E-state index is 12.7. The average Bonchev–Trinajstić information content (AvgIpc) is 2.63. The summed E-state index contributed by atoms with van der Waals surface area (Å²) in [6, 6.07) is 1.83. The van der Waals surface area contributed by atoms with Crippen LogP contribution in [0.15, 0.2) is 15.3 Å². The Kier molecular flexibility index (Phi) is 5.65. The van der Waals surface area contributed by atoms with Gasteiger partial charge in [0.25, 0.3) is 0 Å². The number of aliphatic hydroxyl groups excluding tert-OH is 1. The molecule has 152 valence electrons. The highest BCUT2D eigenvalue weighted by molar-refractivity contribution is 5.93. The number of methoxy groups -OCH3 is 1. The molecule has 1 aromatic carbocycles. The summed E-state index contributed by atoms with van der Waals surface area (Å²) < 4.78 is 17.3. The molecule has 2 N–H and O–H groups in total. The average molecular weight is 389 g/mol. The van der Waals surface area contributed by atoms with Crippen molar-refractivity contribution in [2.24, 2.45) is 0 Å². The van der Waals surface area contributed by atoms with E-state index in [0.717, 1.165) is 18.4 Å². The standard InChI is InChI=1S/C21H27NO6/c1-12-14(10-17(24)22-8-5-9-23)20(25)27-19-13-6-7-21(2,3)28-15(13)11-16(26-4)18(12)19/h11,23H,5-10H2,1-4H3,(H,22,24). The van der Waals surface area contributed by atoms with Crippen molar-refractivity contribution in [3.8, 4) is 11.5 Å². The van der Waals surface area contributed by atoms with Crippen LogP contribution in [0.25, 0.3) is 11.0 Å². The monoisotopic (exact) mass is 389 g/mol. The van der Waals surface area contributed by atoms with Crippen LogP contribution in [0.3, 0.4) is 0 Å². The first kappa shape index (κ1) is 20.2. The molecule has 7 nitrogen and oxygen atoms in total. The Hall–Kier alpha value is -2.54. The van der Waals surface area contributed by atoms with Gasteiger partial charge in [0.1, 0.15) is 22.7 Å². The highest BCUT2D eigenvalue weighted by Gasteiger charge is 2.31. The van der Waals surface area contributed by atoms with Crippen molar-refractivity contribution in [2.45, 2.75) is 52.1 Å². The summed E-state index contributed by atoms with van der Waals surface area (Å²) in [6.45, 7) is 6.20. The zero-order chi connectivity index (χ0) is 20.5. The number of fused-ring (bicyclic) bond motifs is 3. The topological polar surface area (TPSA) is 98.0 Å². The van der Waals surface area contributed by atoms with E-state index < -0.39 is 5.63 Å². The van der Waals surface area contributed by atoms with Crippen LogP contribution in [0.2, 0.25) is 0 Å². The Morgan fingerprint density at radius 1 is 1.39 bits per heavy atom. The van der Waals surface area contributed by atoms with Crippen molar-refractivity contribution in [1.29, 1.82) is 0 Å². The molecule has 7 heteroatoms. The van der Waals surface area contributed by atoms with Crippen LogP contribution in [0.5, 0.6) is 11.5 Å². The quantitative estimate of drug-likeness (QED) is 0.581. The Morgan fingerprint density at radius 2 is 2.14 bits per heavy atom. The normalized spacial score (nSPS) is 15.0. The molecular weight excluding hydrogens is 362 g/mol. The van der Waals surface area contributed by atoms with E-state index in [-0.39, 0.29) is 24.5 Å². The van der Waals surface area contributed by atoms with Crippen molar-refractivity contribution in [2.75, 3.05) is 20.3 Å². The number of ether oxygens (including phenoxy) is 2. The first-order chi connectivity index (χ1) is 13.3. The minimum absolute atomic E-state index is 0.00138. The first-order valence-electron chi connectivity index (χ1n) is 9.50. The summed E-state index contributed by atoms with van der Waals surface area (Å²) in [4.78, 5) is 24.8. The van der Waals surface area contributed by atoms with Crippen molar-refractivity contribution in [1.82, 2.24) is 5.32 Å². The van der Waals surface area contributed by atoms with Crippen molar-refractivity contribution >= 4 is 16.9 Å². The third-order valence-corrected chi connectivity index (χ3v) is 5.15. The van der Waals surface area contributed by atoms with E-state index in [1.807, 2.05) is 19.9 Å². The molecule has 2 heterocycles. The molecule has 0 unspecified atom stereocenters. The fraction of sp³-hybridized carbons (Fsp3) is 0.524. The number of hydrogen-bond donors (Lipinski definition) is 2. The van der Waals surface area contributed by atoms with Crippen LogP contribution in [0, 0.1) is 6.92 Å². The van der Waals surface area contributed by atoms with Crippen molar-refractivity contribution in [3.63, 3.8) is 0 Å². The second-order valence-electron chi connectivity index (χ2n) is 7.72. The molecule has 0 aliphatic carbocycles. The second-order valence-corrected chi connectivity index (χ2v) is 7.72. The highest BCUT2D eigenvalue weighted by Crippen LogP contribution is 2.43. The zero-order valence-electron chi connectivity index (χ0n) is 16.8. The lowest BCUT2D eigenvalue weighted by Gasteiger charge is -2.33. The molecule has 28 heavy (non-hydrogen) atoms. The second kappa shape index (κ2) is 7.83. The predicted octanol–water partition coefficient (Wildman–Crippen LogP) is 2.25. The molecule has 0 saturated heterocycles. The molecule has 1 amide bonds. The third-order valence-electron chi connectivity index (χ3n) is 5.15. The third kappa shape index (κ3) is 3.85. The largest absolute Gasteiger partial charge is 0.496 e. The molecule has 3 rings (SSSR count). The molecule has 0 spiro atoms. The predicted molar refractivity (Wildman–Crippen MR) is 105 cm³/mol. The molecule has 1 aromatic heterocycles. The number of amides is 1. The van der Waals surface area contributed by atoms with Crippen molar-refractivity contribution in [3.05, 3.63) is 33.2 Å². The van der Waals surface area contributed by atoms with E-state index in [0.29, 0.717) is 46.6 Å². The fourth-order valence-electron chi connectivity index (χ4n) is 3.58. The summed E-state index contributed by atoms with van der Waals surface area (Å²) in [6.07, 6.45) is 1.91. The number of benzene rings is 1. The number of carbonyl (C=O) groups excluding carboxylic acids is 1. The number of aryl methyl sites for hydroxylation is 2. The smallest absolute Gasteiger partial charge is 0.340 e. The summed E-state index contributed by atoms with van der Waals surface area (Å²) in [5.74, 6) is 0.928. The van der Waals surface area contributed by atoms with Gasteiger partial charge in [-0.2, -0.15) is 0 Å². The molecular formula is C21H27NO6. The Labute approximate surface area is 163 Å². The summed E-state index contributed by atoms with van der Waals surface area (Å²) in [7, 11) is 1.56. The van der Waals surface area contributed by atoms with E-state index in [2.05, 4.69) is 5.32 Å². The Morgan fingerprint density at radius 3 is 2.82 bits per heavy atom. The van der Waals surface area contributed by atoms with Crippen LogP contribution in [-0.4, -0.2) is 36.9 Å². The van der Waals surface area contributed by atoms with Gasteiger partial charge in [-0.25, -0.2) is 4.79 Å². The van der Waals surface area contributed by atoms with Gasteiger partial charge < -0.3 is 24.3 Å². The molecule has 0 saturated carbocycles. The van der Waals surface area contributed by atoms with Crippen LogP contribution < -0.4 is 20.4 Å². The van der Waals surface area contributed by atoms with Gasteiger partial charge in [0.15, 0.2) is 0 Å². The molecule has 0 atom stereocenters. The number of hydrogen-bond acceptors (Lipinski definition) is 6. The maximum Gasteiger partial charge on any atom is 0.340 e. The lowest BCUT2D eigenvalue weighted by atomic mass is 9.91. The summed E-state index contributed by atoms with van der Waals surface area (Å²) in [5, 5.41) is 12.2. The van der Waals surface area contributed by atoms with Gasteiger partial charge in [0.2, 0.25) is 5.91 Å². The Bertz CT molecular complexity index is 960. The van der Waals surface area contributed by atoms with Crippen molar-refractivity contribution < 1.29 is 23.8 Å². The molecule has 2 aromatic rings. The zero-order valence-corrected chi connectivity index (χ0v) is 16.8. The minimum Gasteiger partial charge on any atom is -0.496 e. The van der Waals surface area contributed by atoms with Gasteiger partial charge in [0.05, 0.1) is 24.5 Å². The van der Waals surface area contributed by atoms with Gasteiger partial charge in [0, 0.05) is 24.8 Å². The SMILES string of the molecule is COc1cc2c(c3oc(=O)c(CC(=O)NCCCO)c(C)c13)CCC(C)(C)O2. The van der Waals surface area contributed by atoms with E-state index in [1.165, 1.54) is 0 Å². The lowest BCUT2D eigenvalue weighted by molar-refractivity contribution is -0.120. The van der Waals surface area contributed by atoms with Gasteiger partial charge in [-0.15, -0.1) is 0 Å². The van der Waals surface area contributed by atoms with Gasteiger partial charge in [-0.05, 0) is 45.6 Å². The fourth-order valence-corrected chi connectivity index (χ4v) is 3.58. The molecule has 0 fully saturated rings. The highest BCUT2D eigenvalue weighted by atomic mass is 16.5. The molecule has 0 bridgehead atoms. The van der Waals surface area contributed by atoms with Gasteiger partial charge in [-0.3, -0.25) is 4.79 Å². The van der Waals surface area contributed by atoms with Gasteiger partial charge in [-0.1, -0.05) is 0 Å². The van der Waals surface area contributed by atoms with Crippen LogP contribution >= 0.6 is 0 Å². The Balaban J connectivity index is 2.08. The maximum atomic E-state index is 12.7. The van der Waals surface area contributed by atoms with E-state index in [4.69, 9.17) is 19.0 Å². The van der Waals surface area contributed by atoms with E-state index in [9.17, 15) is 9.59 Å². The number of nitrogens with one attached hydrogen (secondary N) is 1. The van der Waals surface area contributed by atoms with E-state index >= 15 is 0 Å². The first-order valence-corrected chi connectivity index (χ1v) is 9.50. The summed E-state index contributed by atoms with van der Waals surface area (Å²) >= 11 is 0. The number of carbonyl (C=O) groups is 1. The minimum atomic E-state index is -0.525.